The first-order chi connectivity index (χ1) is 42.9. The summed E-state index contributed by atoms with van der Waals surface area (Å²) < 4.78 is 36.0. The molecule has 44 heteroatoms. The molecule has 1 aliphatic heterocycles. The average Bonchev–Trinajstić information content (AvgIpc) is 1.74. The molecule has 0 spiro atoms. The molecule has 0 amide bonds. The fraction of sp³-hybridized carbons (Fsp3) is 0.774. The van der Waals surface area contributed by atoms with Gasteiger partial charge in [-0.15, -0.1) is 11.6 Å². The van der Waals surface area contributed by atoms with E-state index < -0.39 is 67.4 Å². The SMILES string of the molecule is C/C(CBr)=C(\CCC(OCC(Cl)(Cl)Cl)OCC(Cl)(Cl)Cl)C(=O)[O-].C/C(CBr)=C(\CCC(OCC(Cl)(Cl)Cl)OCC(Cl)(Cl)Cl)C1=NC(C)(C)CO1.C/C(CCl)=C(\CCC(OCC(Cl)(Cl)Cl)OCC(Cl)(Cl)Cl)C(=O)[O-].CC1=C(CCC(OCC(Cl)(Cl)Cl)OCC(Cl)(Cl)Cl)CCC1=O.[Na+].[Na+]. The molecule has 2 rings (SSSR count). The summed E-state index contributed by atoms with van der Waals surface area (Å²) >= 11 is 148. The molecule has 0 radical (unpaired) electrons. The fourth-order valence-corrected chi connectivity index (χ4v) is 9.40. The Labute approximate surface area is 753 Å². The average molecular weight is 2030 g/mol. The molecular weight excluding hydrogens is 1970 g/mol. The Morgan fingerprint density at radius 1 is 0.485 bits per heavy atom. The number of nitrogens with zero attached hydrogens (tertiary/aromatic N) is 1. The van der Waals surface area contributed by atoms with Gasteiger partial charge in [0.2, 0.25) is 36.2 Å². The second-order valence-electron chi connectivity index (χ2n) is 20.7. The van der Waals surface area contributed by atoms with Crippen LogP contribution in [0.25, 0.3) is 0 Å². The van der Waals surface area contributed by atoms with Gasteiger partial charge in [0.25, 0.3) is 0 Å². The summed E-state index contributed by atoms with van der Waals surface area (Å²) in [7, 11) is 0. The monoisotopic (exact) mass is 2020 g/mol. The smallest absolute Gasteiger partial charge is 0.545 e. The molecule has 0 aromatic carbocycles. The molecule has 0 fully saturated rings. The molecule has 1 aliphatic carbocycles. The second-order valence-corrected chi connectivity index (χ2v) is 42.2. The number of hydrogen-bond acceptors (Lipinski definition) is 15. The number of ether oxygens (including phenoxy) is 9. The molecular formula is C53H66Br2Cl25NNa2O14. The van der Waals surface area contributed by atoms with Gasteiger partial charge in [0.05, 0.1) is 70.3 Å². The van der Waals surface area contributed by atoms with E-state index in [0.717, 1.165) is 28.7 Å². The van der Waals surface area contributed by atoms with Crippen molar-refractivity contribution < 1.29 is 126 Å². The van der Waals surface area contributed by atoms with E-state index in [0.29, 0.717) is 66.4 Å². The van der Waals surface area contributed by atoms with Crippen LogP contribution in [0.2, 0.25) is 0 Å². The minimum atomic E-state index is -1.67. The number of alkyl halides is 27. The number of carboxylic acid groups (broad SMARTS) is 2. The number of halogens is 27. The third-order valence-corrected chi connectivity index (χ3v) is 16.2. The number of rotatable bonds is 34. The van der Waals surface area contributed by atoms with E-state index in [9.17, 15) is 24.6 Å². The molecule has 0 N–H and O–H groups in total. The first-order valence-electron chi connectivity index (χ1n) is 27.0. The van der Waals surface area contributed by atoms with Crippen molar-refractivity contribution >= 4 is 346 Å². The summed E-state index contributed by atoms with van der Waals surface area (Å²) in [5, 5.41) is 23.3. The van der Waals surface area contributed by atoms with Crippen LogP contribution in [0, 0.1) is 0 Å². The van der Waals surface area contributed by atoms with Crippen molar-refractivity contribution in [1.29, 1.82) is 0 Å². The van der Waals surface area contributed by atoms with Crippen molar-refractivity contribution in [2.75, 3.05) is 76.0 Å². The maximum atomic E-state index is 11.5. The van der Waals surface area contributed by atoms with Gasteiger partial charge in [-0.05, 0) is 90.4 Å². The molecule has 0 atom stereocenters. The van der Waals surface area contributed by atoms with Crippen LogP contribution in [0.15, 0.2) is 49.6 Å². The Kier molecular flexibility index (Phi) is 61.2. The number of carbonyl (C=O) groups excluding carboxylic acids is 3. The first-order valence-corrected chi connectivity index (χ1v) is 38.8. The maximum Gasteiger partial charge on any atom is 1.00 e. The van der Waals surface area contributed by atoms with Gasteiger partial charge in [-0.3, -0.25) is 4.79 Å². The number of allylic oxidation sites excluding steroid dienone is 5. The molecule has 2 aliphatic rings. The van der Waals surface area contributed by atoms with Crippen LogP contribution in [0.1, 0.15) is 106 Å². The number of carbonyl (C=O) groups is 3. The van der Waals surface area contributed by atoms with E-state index in [-0.39, 0.29) is 166 Å². The van der Waals surface area contributed by atoms with Crippen LogP contribution in [0.5, 0.6) is 0 Å². The number of ketones is 1. The van der Waals surface area contributed by atoms with Crippen molar-refractivity contribution in [2.24, 2.45) is 4.99 Å². The van der Waals surface area contributed by atoms with Crippen molar-refractivity contribution in [3.63, 3.8) is 0 Å². The topological polar surface area (TPSA) is 193 Å². The molecule has 0 unspecified atom stereocenters. The zero-order chi connectivity index (χ0) is 74.4. The van der Waals surface area contributed by atoms with Crippen molar-refractivity contribution in [3.05, 3.63) is 44.6 Å². The Hall–Kier alpha value is 6.93. The standard InChI is InChI=1S/C16H22BrCl6NO3.C13H16Cl6O3.C12H15BrCl6O4.C12H15Cl7O4.2Na/c1-10(6-17)11(13-24-14(2,3)7-27-13)4-5-12(25-8-15(18,19)20)26-9-16(21,22)23;1-8-9(2-4-10(8)20)3-5-11(21-6-12(14,15)16)22-7-13(17,18)19;2*1-7(4-13)8(10(20)21)2-3-9(22-5-11(14,15)16)23-6-12(17,18)19;;/h12H,4-9H2,1-3H3;11H,2-7H2,1H3;2*9H,2-6H2,1H3,(H,20,21);;/q;;;;2*+1/p-2/b11-10-;;2*8-7-;;. The summed E-state index contributed by atoms with van der Waals surface area (Å²) in [6, 6.07) is 0. The van der Waals surface area contributed by atoms with E-state index >= 15 is 0 Å². The second kappa shape index (κ2) is 53.8. The van der Waals surface area contributed by atoms with Crippen LogP contribution >= 0.6 is 322 Å². The van der Waals surface area contributed by atoms with E-state index in [2.05, 4.69) is 36.9 Å². The Bertz CT molecular complexity index is 2350. The van der Waals surface area contributed by atoms with E-state index in [1.165, 1.54) is 0 Å². The zero-order valence-corrected chi connectivity index (χ0v) is 78.8. The Balaban J connectivity index is -0.000000592. The minimum Gasteiger partial charge on any atom is -0.545 e. The summed E-state index contributed by atoms with van der Waals surface area (Å²) in [6.07, 6.45) is 0.569. The van der Waals surface area contributed by atoms with Crippen LogP contribution < -0.4 is 69.3 Å². The van der Waals surface area contributed by atoms with Crippen LogP contribution in [-0.2, 0) is 57.0 Å². The summed E-state index contributed by atoms with van der Waals surface area (Å²) in [5.74, 6) is -1.75. The molecule has 0 aromatic heterocycles. The molecule has 0 saturated heterocycles. The number of aliphatic carboxylic acids is 2. The quantitative estimate of drug-likeness (QED) is 0.0256. The maximum absolute atomic E-state index is 11.5. The molecule has 0 aromatic rings. The van der Waals surface area contributed by atoms with Crippen LogP contribution in [0.3, 0.4) is 0 Å². The number of Topliss-reactive ketones (excluding diaryl/α,β-unsaturated/α-hetero) is 1. The van der Waals surface area contributed by atoms with E-state index in [4.69, 9.17) is 333 Å². The van der Waals surface area contributed by atoms with Crippen molar-refractivity contribution in [2.45, 2.75) is 167 Å². The Morgan fingerprint density at radius 2 is 0.763 bits per heavy atom. The summed E-state index contributed by atoms with van der Waals surface area (Å²) in [5.41, 5.74) is 4.95. The fourth-order valence-electron chi connectivity index (χ4n) is 7.05. The molecule has 15 nitrogen and oxygen atoms in total. The van der Waals surface area contributed by atoms with Gasteiger partial charge in [0, 0.05) is 54.2 Å². The van der Waals surface area contributed by atoms with Crippen LogP contribution in [0.4, 0.5) is 0 Å². The normalized spacial score (nSPS) is 15.7. The van der Waals surface area contributed by atoms with Gasteiger partial charge >= 0.3 is 59.1 Å². The van der Waals surface area contributed by atoms with Crippen LogP contribution in [-0.4, -0.2) is 161 Å². The van der Waals surface area contributed by atoms with Gasteiger partial charge < -0.3 is 62.4 Å². The van der Waals surface area contributed by atoms with Gasteiger partial charge in [0.15, 0.2) is 30.9 Å². The molecule has 558 valence electrons. The molecule has 0 bridgehead atoms. The Morgan fingerprint density at radius 3 is 0.990 bits per heavy atom. The summed E-state index contributed by atoms with van der Waals surface area (Å²) in [4.78, 5) is 38.4. The number of carboxylic acids is 2. The van der Waals surface area contributed by atoms with E-state index in [1.54, 1.807) is 13.8 Å². The van der Waals surface area contributed by atoms with Gasteiger partial charge in [-0.25, -0.2) is 4.99 Å². The van der Waals surface area contributed by atoms with Gasteiger partial charge in [-0.1, -0.05) is 333 Å². The van der Waals surface area contributed by atoms with Crippen molar-refractivity contribution in [3.8, 4) is 0 Å². The molecule has 1 heterocycles. The molecule has 0 saturated carbocycles. The minimum absolute atomic E-state index is 0. The van der Waals surface area contributed by atoms with E-state index in [1.807, 2.05) is 27.7 Å². The number of hydrogen-bond donors (Lipinski definition) is 0. The predicted molar refractivity (Wildman–Crippen MR) is 403 cm³/mol. The summed E-state index contributed by atoms with van der Waals surface area (Å²) in [6.45, 7) is 9.86. The van der Waals surface area contributed by atoms with Crippen molar-refractivity contribution in [1.82, 2.24) is 0 Å². The third-order valence-electron chi connectivity index (χ3n) is 11.5. The largest absolute Gasteiger partial charge is 1.00 e. The third kappa shape index (κ3) is 63.1. The zero-order valence-electron chi connectivity index (χ0n) is 52.7. The van der Waals surface area contributed by atoms with Gasteiger partial charge in [-0.2, -0.15) is 0 Å². The predicted octanol–water partition coefficient (Wildman–Crippen LogP) is 14.8. The number of aliphatic imine (C=N–C) groups is 1. The first kappa shape index (κ1) is 110. The van der Waals surface area contributed by atoms with Gasteiger partial charge in [0.1, 0.15) is 6.61 Å². The molecule has 97 heavy (non-hydrogen) atoms.